The Labute approximate surface area is 97.2 Å². The SMILES string of the molecule is CCOCCS(=O)(=O)NCC1CCC(O)C1. The van der Waals surface area contributed by atoms with Crippen molar-refractivity contribution in [2.75, 3.05) is 25.5 Å². The van der Waals surface area contributed by atoms with E-state index in [4.69, 9.17) is 4.74 Å². The summed E-state index contributed by atoms with van der Waals surface area (Å²) in [5, 5.41) is 9.31. The van der Waals surface area contributed by atoms with Crippen LogP contribution in [0.1, 0.15) is 26.2 Å². The molecule has 0 saturated heterocycles. The quantitative estimate of drug-likeness (QED) is 0.629. The Morgan fingerprint density at radius 3 is 2.75 bits per heavy atom. The van der Waals surface area contributed by atoms with Gasteiger partial charge in [0.15, 0.2) is 0 Å². The van der Waals surface area contributed by atoms with E-state index in [9.17, 15) is 13.5 Å². The summed E-state index contributed by atoms with van der Waals surface area (Å²) in [7, 11) is -3.22. The van der Waals surface area contributed by atoms with Gasteiger partial charge in [-0.25, -0.2) is 13.1 Å². The number of aliphatic hydroxyl groups is 1. The average molecular weight is 251 g/mol. The fraction of sp³-hybridized carbons (Fsp3) is 1.00. The molecular weight excluding hydrogens is 230 g/mol. The molecule has 0 aromatic carbocycles. The lowest BCUT2D eigenvalue weighted by Crippen LogP contribution is -2.32. The largest absolute Gasteiger partial charge is 0.393 e. The first-order valence-electron chi connectivity index (χ1n) is 5.76. The zero-order valence-corrected chi connectivity index (χ0v) is 10.5. The lowest BCUT2D eigenvalue weighted by Gasteiger charge is -2.11. The van der Waals surface area contributed by atoms with E-state index in [1.165, 1.54) is 0 Å². The van der Waals surface area contributed by atoms with Crippen molar-refractivity contribution in [3.63, 3.8) is 0 Å². The highest BCUT2D eigenvalue weighted by Gasteiger charge is 2.23. The van der Waals surface area contributed by atoms with Crippen LogP contribution in [0.5, 0.6) is 0 Å². The van der Waals surface area contributed by atoms with Crippen LogP contribution in [0.4, 0.5) is 0 Å². The lowest BCUT2D eigenvalue weighted by atomic mass is 10.1. The van der Waals surface area contributed by atoms with Gasteiger partial charge in [-0.15, -0.1) is 0 Å². The van der Waals surface area contributed by atoms with Gasteiger partial charge < -0.3 is 9.84 Å². The topological polar surface area (TPSA) is 75.6 Å². The molecule has 5 nitrogen and oxygen atoms in total. The minimum Gasteiger partial charge on any atom is -0.393 e. The number of aliphatic hydroxyl groups excluding tert-OH is 1. The third-order valence-corrected chi connectivity index (χ3v) is 4.12. The van der Waals surface area contributed by atoms with Gasteiger partial charge in [0.1, 0.15) is 0 Å². The van der Waals surface area contributed by atoms with E-state index in [0.29, 0.717) is 19.6 Å². The fourth-order valence-electron chi connectivity index (χ4n) is 1.86. The molecule has 0 bridgehead atoms. The predicted octanol–water partition coefficient (Wildman–Crippen LogP) is 0.103. The summed E-state index contributed by atoms with van der Waals surface area (Å²) in [6.45, 7) is 3.04. The number of nitrogens with one attached hydrogen (secondary N) is 1. The van der Waals surface area contributed by atoms with Crippen molar-refractivity contribution in [2.24, 2.45) is 5.92 Å². The van der Waals surface area contributed by atoms with Crippen molar-refractivity contribution < 1.29 is 18.3 Å². The first-order valence-corrected chi connectivity index (χ1v) is 7.42. The van der Waals surface area contributed by atoms with Crippen LogP contribution in [0, 0.1) is 5.92 Å². The molecule has 0 aromatic rings. The maximum absolute atomic E-state index is 11.5. The van der Waals surface area contributed by atoms with E-state index >= 15 is 0 Å². The molecule has 0 aromatic heterocycles. The van der Waals surface area contributed by atoms with Crippen LogP contribution in [0.2, 0.25) is 0 Å². The molecule has 1 rings (SSSR count). The molecule has 0 radical (unpaired) electrons. The molecule has 6 heteroatoms. The number of sulfonamides is 1. The highest BCUT2D eigenvalue weighted by atomic mass is 32.2. The molecule has 0 spiro atoms. The zero-order chi connectivity index (χ0) is 12.0. The van der Waals surface area contributed by atoms with Gasteiger partial charge in [0.25, 0.3) is 0 Å². The maximum Gasteiger partial charge on any atom is 0.213 e. The molecule has 0 aliphatic heterocycles. The standard InChI is InChI=1S/C10H21NO4S/c1-2-15-5-6-16(13,14)11-8-9-3-4-10(12)7-9/h9-12H,2-8H2,1H3. The minimum atomic E-state index is -3.22. The van der Waals surface area contributed by atoms with Crippen LogP contribution in [0.3, 0.4) is 0 Å². The van der Waals surface area contributed by atoms with Crippen molar-refractivity contribution in [3.8, 4) is 0 Å². The Kier molecular flexibility index (Phi) is 5.68. The van der Waals surface area contributed by atoms with Gasteiger partial charge in [-0.2, -0.15) is 0 Å². The number of ether oxygens (including phenoxy) is 1. The Bertz CT molecular complexity index is 291. The summed E-state index contributed by atoms with van der Waals surface area (Å²) < 4.78 is 30.5. The maximum atomic E-state index is 11.5. The molecule has 2 N–H and O–H groups in total. The van der Waals surface area contributed by atoms with Crippen LogP contribution in [-0.2, 0) is 14.8 Å². The molecule has 1 fully saturated rings. The second-order valence-electron chi connectivity index (χ2n) is 4.20. The molecule has 2 atom stereocenters. The molecule has 16 heavy (non-hydrogen) atoms. The molecular formula is C10H21NO4S. The van der Waals surface area contributed by atoms with Crippen LogP contribution in [0.15, 0.2) is 0 Å². The van der Waals surface area contributed by atoms with E-state index in [2.05, 4.69) is 4.72 Å². The summed E-state index contributed by atoms with van der Waals surface area (Å²) in [4.78, 5) is 0. The molecule has 1 aliphatic carbocycles. The Hall–Kier alpha value is -0.170. The van der Waals surface area contributed by atoms with Gasteiger partial charge >= 0.3 is 0 Å². The summed E-state index contributed by atoms with van der Waals surface area (Å²) in [6, 6.07) is 0. The van der Waals surface area contributed by atoms with Gasteiger partial charge in [0.05, 0.1) is 18.5 Å². The number of hydrogen-bond acceptors (Lipinski definition) is 4. The first kappa shape index (κ1) is 13.9. The lowest BCUT2D eigenvalue weighted by molar-refractivity contribution is 0.163. The monoisotopic (exact) mass is 251 g/mol. The average Bonchev–Trinajstić information content (AvgIpc) is 2.62. The molecule has 0 heterocycles. The normalized spacial score (nSPS) is 26.1. The van der Waals surface area contributed by atoms with Crippen molar-refractivity contribution in [1.82, 2.24) is 4.72 Å². The predicted molar refractivity (Wildman–Crippen MR) is 61.6 cm³/mol. The third-order valence-electron chi connectivity index (χ3n) is 2.81. The van der Waals surface area contributed by atoms with E-state index in [1.807, 2.05) is 6.92 Å². The van der Waals surface area contributed by atoms with Crippen molar-refractivity contribution in [2.45, 2.75) is 32.3 Å². The van der Waals surface area contributed by atoms with Crippen LogP contribution in [-0.4, -0.2) is 45.1 Å². The molecule has 1 saturated carbocycles. The van der Waals surface area contributed by atoms with Crippen LogP contribution in [0.25, 0.3) is 0 Å². The summed E-state index contributed by atoms with van der Waals surface area (Å²) in [6.07, 6.45) is 2.13. The Balaban J connectivity index is 2.20. The third kappa shape index (κ3) is 5.25. The van der Waals surface area contributed by atoms with Crippen LogP contribution < -0.4 is 4.72 Å². The number of rotatable bonds is 7. The number of hydrogen-bond donors (Lipinski definition) is 2. The summed E-state index contributed by atoms with van der Waals surface area (Å²) in [5.41, 5.74) is 0. The van der Waals surface area contributed by atoms with Crippen molar-refractivity contribution in [1.29, 1.82) is 0 Å². The highest BCUT2D eigenvalue weighted by Crippen LogP contribution is 2.24. The van der Waals surface area contributed by atoms with E-state index in [1.54, 1.807) is 0 Å². The second kappa shape index (κ2) is 6.54. The second-order valence-corrected chi connectivity index (χ2v) is 6.12. The molecule has 0 amide bonds. The van der Waals surface area contributed by atoms with Crippen molar-refractivity contribution in [3.05, 3.63) is 0 Å². The molecule has 96 valence electrons. The molecule has 1 aliphatic rings. The first-order chi connectivity index (χ1) is 7.53. The van der Waals surface area contributed by atoms with Gasteiger partial charge in [0.2, 0.25) is 10.0 Å². The Morgan fingerprint density at radius 1 is 1.44 bits per heavy atom. The van der Waals surface area contributed by atoms with Gasteiger partial charge in [-0.1, -0.05) is 0 Å². The summed E-state index contributed by atoms with van der Waals surface area (Å²) in [5.74, 6) is 0.285. The molecule has 2 unspecified atom stereocenters. The summed E-state index contributed by atoms with van der Waals surface area (Å²) >= 11 is 0. The fourth-order valence-corrected chi connectivity index (χ4v) is 2.84. The van der Waals surface area contributed by atoms with Gasteiger partial charge in [-0.05, 0) is 32.1 Å². The minimum absolute atomic E-state index is 0.0100. The van der Waals surface area contributed by atoms with E-state index in [-0.39, 0.29) is 24.4 Å². The van der Waals surface area contributed by atoms with E-state index in [0.717, 1.165) is 12.8 Å². The van der Waals surface area contributed by atoms with E-state index < -0.39 is 10.0 Å². The van der Waals surface area contributed by atoms with Crippen molar-refractivity contribution >= 4 is 10.0 Å². The highest BCUT2D eigenvalue weighted by molar-refractivity contribution is 7.89. The Morgan fingerprint density at radius 2 is 2.19 bits per heavy atom. The van der Waals surface area contributed by atoms with Gasteiger partial charge in [0, 0.05) is 13.2 Å². The van der Waals surface area contributed by atoms with Gasteiger partial charge in [-0.3, -0.25) is 0 Å². The van der Waals surface area contributed by atoms with Crippen LogP contribution >= 0.6 is 0 Å². The zero-order valence-electron chi connectivity index (χ0n) is 9.68. The smallest absolute Gasteiger partial charge is 0.213 e.